The molecule has 5 heteroatoms. The monoisotopic (exact) mass is 282 g/mol. The Kier molecular flexibility index (Phi) is 3.81. The van der Waals surface area contributed by atoms with Crippen LogP contribution in [0.3, 0.4) is 0 Å². The third-order valence-electron chi connectivity index (χ3n) is 2.65. The molecule has 2 rings (SSSR count). The summed E-state index contributed by atoms with van der Waals surface area (Å²) in [6.07, 6.45) is -0.184. The van der Waals surface area contributed by atoms with E-state index in [2.05, 4.69) is 0 Å². The third kappa shape index (κ3) is 3.09. The van der Waals surface area contributed by atoms with Crippen LogP contribution in [0.25, 0.3) is 11.1 Å². The van der Waals surface area contributed by atoms with E-state index in [1.807, 2.05) is 0 Å². The molecule has 0 aromatic heterocycles. The van der Waals surface area contributed by atoms with Gasteiger partial charge in [-0.15, -0.1) is 0 Å². The van der Waals surface area contributed by atoms with Crippen molar-refractivity contribution in [2.75, 3.05) is 0 Å². The largest absolute Gasteiger partial charge is 0.481 e. The van der Waals surface area contributed by atoms with Crippen molar-refractivity contribution in [2.24, 2.45) is 0 Å². The summed E-state index contributed by atoms with van der Waals surface area (Å²) in [4.78, 5) is 10.6. The highest BCUT2D eigenvalue weighted by molar-refractivity contribution is 6.31. The highest BCUT2D eigenvalue weighted by atomic mass is 35.5. The predicted molar refractivity (Wildman–Crippen MR) is 68.1 cm³/mol. The second kappa shape index (κ2) is 5.36. The molecule has 0 spiro atoms. The summed E-state index contributed by atoms with van der Waals surface area (Å²) in [5.41, 5.74) is 1.54. The Morgan fingerprint density at radius 1 is 1.05 bits per heavy atom. The Hall–Kier alpha value is -1.94. The van der Waals surface area contributed by atoms with E-state index in [0.29, 0.717) is 16.7 Å². The molecule has 0 aliphatic heterocycles. The van der Waals surface area contributed by atoms with Crippen molar-refractivity contribution in [2.45, 2.75) is 6.42 Å². The molecule has 2 nitrogen and oxygen atoms in total. The number of halogens is 3. The van der Waals surface area contributed by atoms with Crippen LogP contribution in [0.5, 0.6) is 0 Å². The number of carboxylic acid groups (broad SMARTS) is 1. The molecule has 2 aromatic carbocycles. The first-order valence-corrected chi connectivity index (χ1v) is 5.81. The minimum Gasteiger partial charge on any atom is -0.481 e. The van der Waals surface area contributed by atoms with Gasteiger partial charge in [0.2, 0.25) is 0 Å². The summed E-state index contributed by atoms with van der Waals surface area (Å²) in [5.74, 6) is -2.84. The van der Waals surface area contributed by atoms with Crippen LogP contribution in [-0.4, -0.2) is 11.1 Å². The predicted octanol–water partition coefficient (Wildman–Crippen LogP) is 3.91. The van der Waals surface area contributed by atoms with Gasteiger partial charge in [-0.1, -0.05) is 29.8 Å². The molecule has 0 saturated carbocycles. The number of carbonyl (C=O) groups is 1. The minimum absolute atomic E-state index is 0.184. The van der Waals surface area contributed by atoms with Gasteiger partial charge in [-0.3, -0.25) is 4.79 Å². The van der Waals surface area contributed by atoms with Crippen LogP contribution in [0, 0.1) is 11.6 Å². The van der Waals surface area contributed by atoms with Crippen LogP contribution in [0.2, 0.25) is 5.02 Å². The molecule has 0 bridgehead atoms. The Balaban J connectivity index is 2.38. The molecule has 98 valence electrons. The Morgan fingerprint density at radius 3 is 2.26 bits per heavy atom. The minimum atomic E-state index is -0.984. The standard InChI is InChI=1S/C14H9ClF2O2/c15-11-5-8(1-2-10(11)7-14(18)19)9-3-4-12(16)13(17)6-9/h1-6H,7H2,(H,18,19). The maximum absolute atomic E-state index is 13.1. The quantitative estimate of drug-likeness (QED) is 0.926. The maximum Gasteiger partial charge on any atom is 0.307 e. The fraction of sp³-hybridized carbons (Fsp3) is 0.0714. The van der Waals surface area contributed by atoms with E-state index < -0.39 is 17.6 Å². The lowest BCUT2D eigenvalue weighted by Crippen LogP contribution is -2.00. The Bertz CT molecular complexity index is 641. The van der Waals surface area contributed by atoms with Crippen molar-refractivity contribution < 1.29 is 18.7 Å². The molecule has 0 amide bonds. The van der Waals surface area contributed by atoms with Gasteiger partial charge in [0.25, 0.3) is 0 Å². The number of hydrogen-bond acceptors (Lipinski definition) is 1. The third-order valence-corrected chi connectivity index (χ3v) is 3.00. The van der Waals surface area contributed by atoms with E-state index in [-0.39, 0.29) is 11.4 Å². The number of carboxylic acids is 1. The van der Waals surface area contributed by atoms with Gasteiger partial charge in [-0.25, -0.2) is 8.78 Å². The average molecular weight is 283 g/mol. The summed E-state index contributed by atoms with van der Waals surface area (Å²) >= 11 is 5.96. The molecule has 0 fully saturated rings. The molecule has 2 aromatic rings. The van der Waals surface area contributed by atoms with Crippen LogP contribution in [0.1, 0.15) is 5.56 Å². The van der Waals surface area contributed by atoms with Gasteiger partial charge in [0, 0.05) is 5.02 Å². The van der Waals surface area contributed by atoms with Gasteiger partial charge >= 0.3 is 5.97 Å². The maximum atomic E-state index is 13.1. The molecule has 1 N–H and O–H groups in total. The average Bonchev–Trinajstić information content (AvgIpc) is 2.35. The van der Waals surface area contributed by atoms with Gasteiger partial charge in [0.05, 0.1) is 6.42 Å². The second-order valence-corrected chi connectivity index (χ2v) is 4.41. The number of benzene rings is 2. The fourth-order valence-electron chi connectivity index (χ4n) is 1.71. The van der Waals surface area contributed by atoms with Crippen molar-refractivity contribution in [3.05, 3.63) is 58.6 Å². The Morgan fingerprint density at radius 2 is 1.68 bits per heavy atom. The van der Waals surface area contributed by atoms with E-state index in [0.717, 1.165) is 12.1 Å². The zero-order valence-corrected chi connectivity index (χ0v) is 10.4. The molecule has 0 heterocycles. The van der Waals surface area contributed by atoms with Crippen LogP contribution in [0.4, 0.5) is 8.78 Å². The first kappa shape index (κ1) is 13.5. The van der Waals surface area contributed by atoms with Gasteiger partial charge in [-0.2, -0.15) is 0 Å². The summed E-state index contributed by atoms with van der Waals surface area (Å²) in [6.45, 7) is 0. The summed E-state index contributed by atoms with van der Waals surface area (Å²) in [7, 11) is 0. The van der Waals surface area contributed by atoms with E-state index >= 15 is 0 Å². The molecule has 19 heavy (non-hydrogen) atoms. The summed E-state index contributed by atoms with van der Waals surface area (Å²) in [5, 5.41) is 8.98. The fourth-order valence-corrected chi connectivity index (χ4v) is 1.96. The van der Waals surface area contributed by atoms with Crippen molar-refractivity contribution in [3.63, 3.8) is 0 Å². The van der Waals surface area contributed by atoms with Crippen molar-refractivity contribution in [3.8, 4) is 11.1 Å². The molecule has 0 atom stereocenters. The van der Waals surface area contributed by atoms with Crippen molar-refractivity contribution in [1.82, 2.24) is 0 Å². The summed E-state index contributed by atoms with van der Waals surface area (Å²) < 4.78 is 26.0. The second-order valence-electron chi connectivity index (χ2n) is 4.01. The van der Waals surface area contributed by atoms with E-state index in [9.17, 15) is 13.6 Å². The van der Waals surface area contributed by atoms with Crippen molar-refractivity contribution in [1.29, 1.82) is 0 Å². The normalized spacial score (nSPS) is 10.5. The lowest BCUT2D eigenvalue weighted by atomic mass is 10.0. The first-order valence-electron chi connectivity index (χ1n) is 5.43. The molecule has 0 aliphatic rings. The van der Waals surface area contributed by atoms with Crippen LogP contribution < -0.4 is 0 Å². The lowest BCUT2D eigenvalue weighted by Gasteiger charge is -2.06. The number of hydrogen-bond donors (Lipinski definition) is 1. The Labute approximate surface area is 113 Å². The molecular formula is C14H9ClF2O2. The SMILES string of the molecule is O=C(O)Cc1ccc(-c2ccc(F)c(F)c2)cc1Cl. The lowest BCUT2D eigenvalue weighted by molar-refractivity contribution is -0.136. The number of aliphatic carboxylic acids is 1. The topological polar surface area (TPSA) is 37.3 Å². The van der Waals surface area contributed by atoms with Gasteiger partial charge < -0.3 is 5.11 Å². The highest BCUT2D eigenvalue weighted by Crippen LogP contribution is 2.27. The molecular weight excluding hydrogens is 274 g/mol. The highest BCUT2D eigenvalue weighted by Gasteiger charge is 2.09. The van der Waals surface area contributed by atoms with Crippen LogP contribution in [0.15, 0.2) is 36.4 Å². The molecule has 0 radical (unpaired) electrons. The first-order chi connectivity index (χ1) is 8.97. The number of rotatable bonds is 3. The van der Waals surface area contributed by atoms with Gasteiger partial charge in [0.1, 0.15) is 0 Å². The van der Waals surface area contributed by atoms with Crippen LogP contribution >= 0.6 is 11.6 Å². The van der Waals surface area contributed by atoms with E-state index in [1.165, 1.54) is 12.1 Å². The molecule has 0 saturated heterocycles. The molecule has 0 aliphatic carbocycles. The van der Waals surface area contributed by atoms with Gasteiger partial charge in [0.15, 0.2) is 11.6 Å². The summed E-state index contributed by atoms with van der Waals surface area (Å²) in [6, 6.07) is 8.25. The van der Waals surface area contributed by atoms with Crippen LogP contribution in [-0.2, 0) is 11.2 Å². The zero-order chi connectivity index (χ0) is 14.0. The smallest absolute Gasteiger partial charge is 0.307 e. The zero-order valence-electron chi connectivity index (χ0n) is 9.66. The van der Waals surface area contributed by atoms with E-state index in [1.54, 1.807) is 12.1 Å². The van der Waals surface area contributed by atoms with Gasteiger partial charge in [-0.05, 0) is 34.9 Å². The van der Waals surface area contributed by atoms with E-state index in [4.69, 9.17) is 16.7 Å². The van der Waals surface area contributed by atoms with Crippen molar-refractivity contribution >= 4 is 17.6 Å². The molecule has 0 unspecified atom stereocenters.